The van der Waals surface area contributed by atoms with Crippen molar-refractivity contribution >= 4 is 7.85 Å². The molecule has 0 amide bonds. The Kier molecular flexibility index (Phi) is 3.74. The maximum Gasteiger partial charge on any atom is 0.115 e. The maximum absolute atomic E-state index is 4.67. The van der Waals surface area contributed by atoms with E-state index in [0.717, 1.165) is 17.5 Å². The summed E-state index contributed by atoms with van der Waals surface area (Å²) in [6.07, 6.45) is 7.71. The molecule has 0 aliphatic heterocycles. The molecule has 2 aromatic carbocycles. The van der Waals surface area contributed by atoms with Gasteiger partial charge in [-0.3, -0.25) is 4.98 Å². The summed E-state index contributed by atoms with van der Waals surface area (Å²) in [7, 11) is 2.50. The van der Waals surface area contributed by atoms with E-state index < -0.39 is 0 Å². The summed E-state index contributed by atoms with van der Waals surface area (Å²) in [5.41, 5.74) is 6.18. The number of nitrogens with zero attached hydrogens (tertiary/aromatic N) is 1. The fraction of sp³-hybridized carbons (Fsp3) is 0.292. The minimum absolute atomic E-state index is 0.423. The lowest BCUT2D eigenvalue weighted by atomic mass is 9.37. The Labute approximate surface area is 156 Å². The lowest BCUT2D eigenvalue weighted by Gasteiger charge is -2.59. The zero-order valence-corrected chi connectivity index (χ0v) is 15.4. The van der Waals surface area contributed by atoms with E-state index in [-0.39, 0.29) is 0 Å². The largest absolute Gasteiger partial charge is 0.256 e. The monoisotopic (exact) mass is 337 g/mol. The quantitative estimate of drug-likeness (QED) is 0.609. The highest BCUT2D eigenvalue weighted by Gasteiger charge is 2.53. The van der Waals surface area contributed by atoms with Crippen LogP contribution in [0, 0.1) is 11.8 Å². The molecule has 5 rings (SSSR count). The predicted octanol–water partition coefficient (Wildman–Crippen LogP) is 5.06. The molecule has 2 atom stereocenters. The molecular weight excluding hydrogens is 313 g/mol. The lowest BCUT2D eigenvalue weighted by molar-refractivity contribution is 0.0377. The molecule has 2 heteroatoms. The number of hydrogen-bond donors (Lipinski definition) is 0. The van der Waals surface area contributed by atoms with Gasteiger partial charge in [0, 0.05) is 17.3 Å². The van der Waals surface area contributed by atoms with Gasteiger partial charge in [0.05, 0.1) is 5.69 Å². The molecule has 1 heterocycles. The Hall–Kier alpha value is -2.35. The van der Waals surface area contributed by atoms with Gasteiger partial charge in [0.2, 0.25) is 0 Å². The summed E-state index contributed by atoms with van der Waals surface area (Å²) < 4.78 is 0. The first-order valence-electron chi connectivity index (χ1n) is 9.87. The van der Waals surface area contributed by atoms with Gasteiger partial charge in [-0.25, -0.2) is 0 Å². The molecule has 2 fully saturated rings. The molecule has 0 saturated heterocycles. The molecule has 0 spiro atoms. The minimum Gasteiger partial charge on any atom is -0.256 e. The van der Waals surface area contributed by atoms with Crippen molar-refractivity contribution in [3.05, 3.63) is 78.5 Å². The second-order valence-electron chi connectivity index (χ2n) is 8.22. The van der Waals surface area contributed by atoms with Crippen LogP contribution < -0.4 is 0 Å². The zero-order chi connectivity index (χ0) is 17.6. The number of benzene rings is 2. The molecule has 0 N–H and O–H groups in total. The van der Waals surface area contributed by atoms with Crippen molar-refractivity contribution in [2.75, 3.05) is 0 Å². The van der Waals surface area contributed by atoms with Crippen molar-refractivity contribution in [3.63, 3.8) is 0 Å². The Morgan fingerprint density at radius 1 is 0.769 bits per heavy atom. The summed E-state index contributed by atoms with van der Waals surface area (Å²) in [4.78, 5) is 4.67. The molecule has 2 unspecified atom stereocenters. The number of fused-ring (bicyclic) bond motifs is 2. The topological polar surface area (TPSA) is 12.9 Å². The van der Waals surface area contributed by atoms with E-state index in [9.17, 15) is 0 Å². The van der Waals surface area contributed by atoms with Gasteiger partial charge in [-0.15, -0.1) is 0 Å². The predicted molar refractivity (Wildman–Crippen MR) is 111 cm³/mol. The third kappa shape index (κ3) is 2.43. The van der Waals surface area contributed by atoms with E-state index >= 15 is 0 Å². The normalized spacial score (nSPS) is 26.9. The molecule has 0 radical (unpaired) electrons. The van der Waals surface area contributed by atoms with Gasteiger partial charge in [-0.1, -0.05) is 79.9 Å². The molecule has 2 saturated carbocycles. The zero-order valence-electron chi connectivity index (χ0n) is 15.4. The van der Waals surface area contributed by atoms with Crippen LogP contribution in [0.15, 0.2) is 72.9 Å². The van der Waals surface area contributed by atoms with Crippen LogP contribution in [0.25, 0.3) is 22.4 Å². The van der Waals surface area contributed by atoms with Crippen LogP contribution >= 0.6 is 0 Å². The summed E-state index contributed by atoms with van der Waals surface area (Å²) in [5, 5.41) is 0.423. The van der Waals surface area contributed by atoms with Gasteiger partial charge in [0.1, 0.15) is 7.85 Å². The van der Waals surface area contributed by atoms with Crippen LogP contribution in [0.5, 0.6) is 0 Å². The van der Waals surface area contributed by atoms with Gasteiger partial charge in [-0.2, -0.15) is 0 Å². The van der Waals surface area contributed by atoms with Crippen LogP contribution in [0.3, 0.4) is 0 Å². The van der Waals surface area contributed by atoms with Crippen molar-refractivity contribution in [1.29, 1.82) is 0 Å². The van der Waals surface area contributed by atoms with E-state index in [1.807, 2.05) is 12.3 Å². The van der Waals surface area contributed by atoms with Crippen LogP contribution in [-0.4, -0.2) is 12.8 Å². The number of rotatable bonds is 3. The Balaban J connectivity index is 1.40. The van der Waals surface area contributed by atoms with E-state index in [4.69, 9.17) is 0 Å². The van der Waals surface area contributed by atoms with E-state index in [2.05, 4.69) is 73.5 Å². The lowest BCUT2D eigenvalue weighted by Crippen LogP contribution is -2.55. The molecule has 26 heavy (non-hydrogen) atoms. The first kappa shape index (κ1) is 15.9. The van der Waals surface area contributed by atoms with Gasteiger partial charge in [-0.05, 0) is 40.8 Å². The van der Waals surface area contributed by atoms with Crippen LogP contribution in [0.1, 0.15) is 31.2 Å². The first-order chi connectivity index (χ1) is 12.7. The van der Waals surface area contributed by atoms with Gasteiger partial charge in [0.15, 0.2) is 0 Å². The van der Waals surface area contributed by atoms with Crippen LogP contribution in [0.2, 0.25) is 0 Å². The maximum atomic E-state index is 4.67. The molecule has 2 aliphatic rings. The highest BCUT2D eigenvalue weighted by Crippen LogP contribution is 2.58. The third-order valence-electron chi connectivity index (χ3n) is 7.04. The average Bonchev–Trinajstić information content (AvgIpc) is 2.74. The molecule has 2 bridgehead atoms. The second-order valence-corrected chi connectivity index (χ2v) is 8.22. The van der Waals surface area contributed by atoms with Crippen molar-refractivity contribution < 1.29 is 0 Å². The van der Waals surface area contributed by atoms with Crippen LogP contribution in [-0.2, 0) is 5.31 Å². The van der Waals surface area contributed by atoms with Gasteiger partial charge < -0.3 is 0 Å². The number of hydrogen-bond acceptors (Lipinski definition) is 1. The summed E-state index contributed by atoms with van der Waals surface area (Å²) >= 11 is 0. The molecular formula is C24H24BN. The fourth-order valence-corrected chi connectivity index (χ4v) is 5.29. The molecule has 1 aromatic heterocycles. The summed E-state index contributed by atoms with van der Waals surface area (Å²) in [6.45, 7) is 0. The number of pyridine rings is 1. The smallest absolute Gasteiger partial charge is 0.115 e. The van der Waals surface area contributed by atoms with E-state index in [1.54, 1.807) is 0 Å². The van der Waals surface area contributed by atoms with Crippen molar-refractivity contribution in [2.45, 2.75) is 31.0 Å². The molecule has 128 valence electrons. The Morgan fingerprint density at radius 2 is 1.46 bits per heavy atom. The fourth-order valence-electron chi connectivity index (χ4n) is 5.29. The second kappa shape index (κ2) is 6.12. The average molecular weight is 337 g/mol. The van der Waals surface area contributed by atoms with Crippen LogP contribution in [0.4, 0.5) is 0 Å². The number of aromatic nitrogens is 1. The first-order valence-corrected chi connectivity index (χ1v) is 9.87. The third-order valence-corrected chi connectivity index (χ3v) is 7.04. The van der Waals surface area contributed by atoms with Gasteiger partial charge >= 0.3 is 0 Å². The standard InChI is InChI=1S/C24H24BN/c25-24(21-7-4-8-22(24)15-21)20-12-9-17(10-13-20)19-11-14-23(26-16-19)18-5-2-1-3-6-18/h1-3,5-6,9-14,16,21-22H,4,7-8,15,25H2. The molecule has 1 nitrogen and oxygen atoms in total. The molecule has 3 aromatic rings. The Morgan fingerprint density at radius 3 is 2.08 bits per heavy atom. The minimum atomic E-state index is 0.423. The van der Waals surface area contributed by atoms with E-state index in [0.29, 0.717) is 5.31 Å². The van der Waals surface area contributed by atoms with Gasteiger partial charge in [0.25, 0.3) is 0 Å². The van der Waals surface area contributed by atoms with Crippen molar-refractivity contribution in [2.24, 2.45) is 11.8 Å². The highest BCUT2D eigenvalue weighted by atomic mass is 14.7. The SMILES string of the molecule is BC1(c2ccc(-c3ccc(-c4ccccc4)nc3)cc2)C2CCCC1C2. The van der Waals surface area contributed by atoms with E-state index in [1.165, 1.54) is 47.9 Å². The van der Waals surface area contributed by atoms with Crippen molar-refractivity contribution in [1.82, 2.24) is 4.98 Å². The molecule has 2 aliphatic carbocycles. The summed E-state index contributed by atoms with van der Waals surface area (Å²) in [6, 6.07) is 24.0. The highest BCUT2D eigenvalue weighted by molar-refractivity contribution is 6.17. The summed E-state index contributed by atoms with van der Waals surface area (Å²) in [5.74, 6) is 1.80. The Bertz CT molecular complexity index is 885. The van der Waals surface area contributed by atoms with Crippen molar-refractivity contribution in [3.8, 4) is 22.4 Å².